The first kappa shape index (κ1) is 235. The van der Waals surface area contributed by atoms with Crippen LogP contribution in [0.5, 0.6) is 0 Å². The van der Waals surface area contributed by atoms with Crippen molar-refractivity contribution in [2.75, 3.05) is 0 Å². The number of hydrogen-bond donors (Lipinski definition) is 0. The molecule has 5 nitrogen and oxygen atoms in total. The van der Waals surface area contributed by atoms with Gasteiger partial charge in [0, 0.05) is 0 Å². The molecule has 0 atom stereocenters. The summed E-state index contributed by atoms with van der Waals surface area (Å²) in [5.74, 6) is 0. The Bertz CT molecular complexity index is 8.04. The minimum Gasteiger partial charge on any atom is -0.870 e. The summed E-state index contributed by atoms with van der Waals surface area (Å²) in [5.41, 5.74) is 0. The van der Waals surface area contributed by atoms with Crippen molar-refractivity contribution in [3.63, 3.8) is 0 Å². The van der Waals surface area contributed by atoms with Crippen molar-refractivity contribution in [1.82, 2.24) is 0 Å². The van der Waals surface area contributed by atoms with Gasteiger partial charge in [0.05, 0.1) is 0 Å². The van der Waals surface area contributed by atoms with Crippen LogP contribution in [0.2, 0.25) is 0 Å². The summed E-state index contributed by atoms with van der Waals surface area (Å²) >= 11 is 0. The second-order valence-corrected chi connectivity index (χ2v) is 0. The Morgan fingerprint density at radius 3 is 0.429 bits per heavy atom. The molecule has 0 saturated heterocycles. The molecule has 0 radical (unpaired) electrons. The molecule has 0 amide bonds. The second-order valence-electron chi connectivity index (χ2n) is 0. The molecule has 48 valence electrons. The molecule has 0 heterocycles. The van der Waals surface area contributed by atoms with E-state index in [1.807, 2.05) is 0 Å². The van der Waals surface area contributed by atoms with Gasteiger partial charge >= 0.3 is 49.2 Å². The van der Waals surface area contributed by atoms with Crippen LogP contribution < -0.4 is 0 Å². The van der Waals surface area contributed by atoms with E-state index in [9.17, 15) is 0 Å². The standard InChI is InChI=1S/Ni.5H2O.Y/h;5*1H2;/q+2;;;;;;+3/p-5. The molecule has 7 heavy (non-hydrogen) atoms. The maximum Gasteiger partial charge on any atom is 3.00 e. The van der Waals surface area contributed by atoms with Gasteiger partial charge < -0.3 is 27.4 Å². The smallest absolute Gasteiger partial charge is 0.870 e. The molecular formula is H5NiO5Y. The van der Waals surface area contributed by atoms with Crippen molar-refractivity contribution >= 4 is 0 Å². The fraction of sp³-hybridized carbons (Fsp3) is 0. The summed E-state index contributed by atoms with van der Waals surface area (Å²) in [5, 5.41) is 0. The molecule has 5 N–H and O–H groups in total. The molecule has 7 heteroatoms. The molecular weight excluding hydrogens is 228 g/mol. The van der Waals surface area contributed by atoms with E-state index in [2.05, 4.69) is 0 Å². The van der Waals surface area contributed by atoms with E-state index in [0.717, 1.165) is 0 Å². The molecule has 0 aromatic rings. The number of hydrogen-bond acceptors (Lipinski definition) is 5. The summed E-state index contributed by atoms with van der Waals surface area (Å²) in [6.45, 7) is 0. The molecule has 0 bridgehead atoms. The van der Waals surface area contributed by atoms with Gasteiger partial charge in [-0.1, -0.05) is 0 Å². The molecule has 0 unspecified atom stereocenters. The van der Waals surface area contributed by atoms with Gasteiger partial charge in [-0.25, -0.2) is 0 Å². The van der Waals surface area contributed by atoms with Crippen LogP contribution in [0.25, 0.3) is 0 Å². The van der Waals surface area contributed by atoms with Gasteiger partial charge in [-0.15, -0.1) is 0 Å². The van der Waals surface area contributed by atoms with Crippen LogP contribution in [0.4, 0.5) is 0 Å². The van der Waals surface area contributed by atoms with E-state index < -0.39 is 0 Å². The second kappa shape index (κ2) is 155. The van der Waals surface area contributed by atoms with Gasteiger partial charge in [-0.2, -0.15) is 0 Å². The van der Waals surface area contributed by atoms with Crippen LogP contribution in [0.15, 0.2) is 0 Å². The first-order valence-corrected chi connectivity index (χ1v) is 0. The Morgan fingerprint density at radius 2 is 0.429 bits per heavy atom. The van der Waals surface area contributed by atoms with E-state index in [0.29, 0.717) is 0 Å². The summed E-state index contributed by atoms with van der Waals surface area (Å²) in [7, 11) is 0. The van der Waals surface area contributed by atoms with Crippen molar-refractivity contribution in [2.24, 2.45) is 0 Å². The minimum atomic E-state index is 0. The van der Waals surface area contributed by atoms with Crippen LogP contribution in [-0.4, -0.2) is 27.4 Å². The summed E-state index contributed by atoms with van der Waals surface area (Å²) in [6.07, 6.45) is 0. The Kier molecular flexibility index (Phi) is 5210. The van der Waals surface area contributed by atoms with E-state index >= 15 is 0 Å². The molecule has 0 aromatic heterocycles. The summed E-state index contributed by atoms with van der Waals surface area (Å²) < 4.78 is 0. The molecule has 0 fully saturated rings. The van der Waals surface area contributed by atoms with E-state index in [4.69, 9.17) is 0 Å². The van der Waals surface area contributed by atoms with Crippen LogP contribution in [0, 0.1) is 0 Å². The van der Waals surface area contributed by atoms with E-state index in [1.165, 1.54) is 0 Å². The third-order valence-corrected chi connectivity index (χ3v) is 0. The molecule has 0 aliphatic rings. The first-order valence-electron chi connectivity index (χ1n) is 0. The predicted octanol–water partition coefficient (Wildman–Crippen LogP) is -0.889. The van der Waals surface area contributed by atoms with E-state index in [1.54, 1.807) is 0 Å². The van der Waals surface area contributed by atoms with Crippen molar-refractivity contribution in [1.29, 1.82) is 0 Å². The van der Waals surface area contributed by atoms with Crippen molar-refractivity contribution in [3.05, 3.63) is 0 Å². The van der Waals surface area contributed by atoms with Crippen molar-refractivity contribution < 1.29 is 76.6 Å². The maximum atomic E-state index is 0. The monoisotopic (exact) mass is 232 g/mol. The average Bonchev–Trinajstić information content (AvgIpc) is 0. The SMILES string of the molecule is [Ni+2].[OH-].[OH-].[OH-].[OH-].[OH-].[Y+3]. The van der Waals surface area contributed by atoms with Gasteiger partial charge in [-0.3, -0.25) is 0 Å². The van der Waals surface area contributed by atoms with Crippen LogP contribution in [-0.2, 0) is 49.2 Å². The van der Waals surface area contributed by atoms with Crippen LogP contribution >= 0.6 is 0 Å². The molecule has 0 rings (SSSR count). The third kappa shape index (κ3) is 110. The number of rotatable bonds is 0. The summed E-state index contributed by atoms with van der Waals surface area (Å²) in [6, 6.07) is 0. The van der Waals surface area contributed by atoms with Crippen LogP contribution in [0.1, 0.15) is 0 Å². The fourth-order valence-corrected chi connectivity index (χ4v) is 0. The van der Waals surface area contributed by atoms with Gasteiger partial charge in [-0.05, 0) is 0 Å². The maximum absolute atomic E-state index is 0. The minimum absolute atomic E-state index is 0. The molecule has 0 aliphatic carbocycles. The Hall–Kier alpha value is 1.40. The molecule has 0 spiro atoms. The van der Waals surface area contributed by atoms with E-state index in [-0.39, 0.29) is 76.6 Å². The van der Waals surface area contributed by atoms with Crippen LogP contribution in [0.3, 0.4) is 0 Å². The zero-order chi connectivity index (χ0) is 0. The fourth-order valence-electron chi connectivity index (χ4n) is 0. The van der Waals surface area contributed by atoms with Gasteiger partial charge in [0.1, 0.15) is 0 Å². The Morgan fingerprint density at radius 1 is 0.429 bits per heavy atom. The first-order chi connectivity index (χ1) is 0. The zero-order valence-electron chi connectivity index (χ0n) is 3.13. The normalized spacial score (nSPS) is 0. The zero-order valence-corrected chi connectivity index (χ0v) is 6.96. The summed E-state index contributed by atoms with van der Waals surface area (Å²) in [4.78, 5) is 0. The predicted molar refractivity (Wildman–Crippen MR) is 9.68 cm³/mol. The molecule has 0 saturated carbocycles. The Balaban J connectivity index is 0. The van der Waals surface area contributed by atoms with Gasteiger partial charge in [0.15, 0.2) is 0 Å². The largest absolute Gasteiger partial charge is 3.00 e. The average molecular weight is 233 g/mol. The quantitative estimate of drug-likeness (QED) is 0.496. The molecule has 0 aromatic carbocycles. The Labute approximate surface area is 76.2 Å². The topological polar surface area (TPSA) is 150 Å². The third-order valence-electron chi connectivity index (χ3n) is 0. The molecule has 0 aliphatic heterocycles. The van der Waals surface area contributed by atoms with Gasteiger partial charge in [0.25, 0.3) is 0 Å². The van der Waals surface area contributed by atoms with Crippen molar-refractivity contribution in [3.8, 4) is 0 Å². The van der Waals surface area contributed by atoms with Crippen molar-refractivity contribution in [2.45, 2.75) is 0 Å². The van der Waals surface area contributed by atoms with Gasteiger partial charge in [0.2, 0.25) is 0 Å².